The van der Waals surface area contributed by atoms with Crippen LogP contribution in [0.4, 0.5) is 5.69 Å². The Balaban J connectivity index is 3.05. The molecule has 0 amide bonds. The molecule has 0 aliphatic heterocycles. The Morgan fingerprint density at radius 3 is 2.64 bits per heavy atom. The van der Waals surface area contributed by atoms with Crippen molar-refractivity contribution in [2.45, 2.75) is 13.0 Å². The fourth-order valence-corrected chi connectivity index (χ4v) is 0.992. The molecule has 1 rings (SSSR count). The van der Waals surface area contributed by atoms with Crippen LogP contribution in [0, 0.1) is 0 Å². The van der Waals surface area contributed by atoms with Gasteiger partial charge in [0, 0.05) is 0 Å². The van der Waals surface area contributed by atoms with E-state index in [1.54, 1.807) is 25.1 Å². The SMILES string of the molecule is CC(O)c1ccc(N)c(Cl)c1. The van der Waals surface area contributed by atoms with E-state index in [9.17, 15) is 0 Å². The molecular weight excluding hydrogens is 162 g/mol. The van der Waals surface area contributed by atoms with Crippen LogP contribution in [0.25, 0.3) is 0 Å². The van der Waals surface area contributed by atoms with Crippen LogP contribution in [0.2, 0.25) is 5.02 Å². The number of rotatable bonds is 1. The number of hydrogen-bond acceptors (Lipinski definition) is 2. The summed E-state index contributed by atoms with van der Waals surface area (Å²) in [6.07, 6.45) is -0.493. The van der Waals surface area contributed by atoms with E-state index in [2.05, 4.69) is 0 Å². The number of nitrogens with two attached hydrogens (primary N) is 1. The molecule has 1 unspecified atom stereocenters. The molecule has 0 fully saturated rings. The van der Waals surface area contributed by atoms with Gasteiger partial charge in [0.15, 0.2) is 0 Å². The van der Waals surface area contributed by atoms with Crippen molar-refractivity contribution in [1.29, 1.82) is 0 Å². The summed E-state index contributed by atoms with van der Waals surface area (Å²) in [5.74, 6) is 0. The topological polar surface area (TPSA) is 46.2 Å². The van der Waals surface area contributed by atoms with E-state index in [4.69, 9.17) is 22.4 Å². The number of hydrogen-bond donors (Lipinski definition) is 2. The highest BCUT2D eigenvalue weighted by Crippen LogP contribution is 2.22. The summed E-state index contributed by atoms with van der Waals surface area (Å²) in [4.78, 5) is 0. The highest BCUT2D eigenvalue weighted by molar-refractivity contribution is 6.33. The predicted molar refractivity (Wildman–Crippen MR) is 46.5 cm³/mol. The van der Waals surface area contributed by atoms with Gasteiger partial charge in [-0.2, -0.15) is 0 Å². The Morgan fingerprint density at radius 2 is 2.18 bits per heavy atom. The molecule has 3 heteroatoms. The van der Waals surface area contributed by atoms with Crippen molar-refractivity contribution in [2.75, 3.05) is 5.73 Å². The van der Waals surface area contributed by atoms with Gasteiger partial charge in [0.05, 0.1) is 16.8 Å². The average Bonchev–Trinajstić information content (AvgIpc) is 1.94. The summed E-state index contributed by atoms with van der Waals surface area (Å²) in [5.41, 5.74) is 6.79. The van der Waals surface area contributed by atoms with Crippen molar-refractivity contribution in [1.82, 2.24) is 0 Å². The minimum absolute atomic E-state index is 0.489. The van der Waals surface area contributed by atoms with Crippen LogP contribution >= 0.6 is 11.6 Å². The van der Waals surface area contributed by atoms with Crippen LogP contribution in [0.15, 0.2) is 18.2 Å². The molecule has 0 aliphatic carbocycles. The van der Waals surface area contributed by atoms with E-state index in [0.29, 0.717) is 10.7 Å². The van der Waals surface area contributed by atoms with Crippen molar-refractivity contribution >= 4 is 17.3 Å². The summed E-state index contributed by atoms with van der Waals surface area (Å²) < 4.78 is 0. The Kier molecular flexibility index (Phi) is 2.37. The number of halogens is 1. The van der Waals surface area contributed by atoms with Crippen molar-refractivity contribution in [3.8, 4) is 0 Å². The Labute approximate surface area is 70.6 Å². The number of benzene rings is 1. The molecule has 0 aliphatic rings. The second kappa shape index (κ2) is 3.11. The van der Waals surface area contributed by atoms with Gasteiger partial charge in [0.25, 0.3) is 0 Å². The fourth-order valence-electron chi connectivity index (χ4n) is 0.803. The van der Waals surface area contributed by atoms with Gasteiger partial charge in [-0.3, -0.25) is 0 Å². The molecule has 0 radical (unpaired) electrons. The summed E-state index contributed by atoms with van der Waals surface area (Å²) >= 11 is 5.72. The third-order valence-electron chi connectivity index (χ3n) is 1.51. The van der Waals surface area contributed by atoms with Gasteiger partial charge >= 0.3 is 0 Å². The number of nitrogen functional groups attached to an aromatic ring is 1. The molecule has 0 aromatic heterocycles. The molecule has 1 aromatic rings. The van der Waals surface area contributed by atoms with Crippen molar-refractivity contribution in [2.24, 2.45) is 0 Å². The zero-order chi connectivity index (χ0) is 8.43. The number of anilines is 1. The minimum Gasteiger partial charge on any atom is -0.398 e. The largest absolute Gasteiger partial charge is 0.398 e. The molecule has 3 N–H and O–H groups in total. The second-order valence-electron chi connectivity index (χ2n) is 2.46. The van der Waals surface area contributed by atoms with E-state index in [1.165, 1.54) is 0 Å². The lowest BCUT2D eigenvalue weighted by Gasteiger charge is -2.05. The summed E-state index contributed by atoms with van der Waals surface area (Å²) in [7, 11) is 0. The lowest BCUT2D eigenvalue weighted by molar-refractivity contribution is 0.199. The molecule has 0 saturated heterocycles. The molecule has 1 atom stereocenters. The first-order chi connectivity index (χ1) is 5.11. The Morgan fingerprint density at radius 1 is 1.55 bits per heavy atom. The van der Waals surface area contributed by atoms with Gasteiger partial charge in [0.2, 0.25) is 0 Å². The average molecular weight is 172 g/mol. The quantitative estimate of drug-likeness (QED) is 0.635. The summed E-state index contributed by atoms with van der Waals surface area (Å²) in [6.45, 7) is 1.68. The van der Waals surface area contributed by atoms with E-state index < -0.39 is 6.10 Å². The molecule has 0 bridgehead atoms. The minimum atomic E-state index is -0.493. The lowest BCUT2D eigenvalue weighted by atomic mass is 10.1. The van der Waals surface area contributed by atoms with E-state index in [-0.39, 0.29) is 0 Å². The van der Waals surface area contributed by atoms with Crippen LogP contribution < -0.4 is 5.73 Å². The van der Waals surface area contributed by atoms with Gasteiger partial charge < -0.3 is 10.8 Å². The highest BCUT2D eigenvalue weighted by Gasteiger charge is 2.02. The van der Waals surface area contributed by atoms with Crippen molar-refractivity contribution in [3.63, 3.8) is 0 Å². The van der Waals surface area contributed by atoms with Gasteiger partial charge in [-0.1, -0.05) is 17.7 Å². The van der Waals surface area contributed by atoms with Crippen LogP contribution in [0.5, 0.6) is 0 Å². The molecule has 0 saturated carbocycles. The molecule has 1 aromatic carbocycles. The Bertz CT molecular complexity index is 260. The summed E-state index contributed by atoms with van der Waals surface area (Å²) in [5, 5.41) is 9.63. The smallest absolute Gasteiger partial charge is 0.0762 e. The van der Waals surface area contributed by atoms with Gasteiger partial charge in [-0.05, 0) is 24.6 Å². The van der Waals surface area contributed by atoms with Crippen LogP contribution in [0.3, 0.4) is 0 Å². The van der Waals surface area contributed by atoms with Crippen LogP contribution in [0.1, 0.15) is 18.6 Å². The molecule has 2 nitrogen and oxygen atoms in total. The van der Waals surface area contributed by atoms with E-state index >= 15 is 0 Å². The van der Waals surface area contributed by atoms with Crippen LogP contribution in [-0.2, 0) is 0 Å². The standard InChI is InChI=1S/C8H10ClNO/c1-5(11)6-2-3-8(10)7(9)4-6/h2-5,11H,10H2,1H3. The first-order valence-electron chi connectivity index (χ1n) is 3.34. The van der Waals surface area contributed by atoms with Crippen molar-refractivity contribution in [3.05, 3.63) is 28.8 Å². The van der Waals surface area contributed by atoms with Crippen LogP contribution in [-0.4, -0.2) is 5.11 Å². The second-order valence-corrected chi connectivity index (χ2v) is 2.86. The zero-order valence-electron chi connectivity index (χ0n) is 6.21. The number of aliphatic hydroxyl groups excluding tert-OH is 1. The molecule has 11 heavy (non-hydrogen) atoms. The third-order valence-corrected chi connectivity index (χ3v) is 1.83. The van der Waals surface area contributed by atoms with E-state index in [1.807, 2.05) is 0 Å². The lowest BCUT2D eigenvalue weighted by Crippen LogP contribution is -1.92. The van der Waals surface area contributed by atoms with Gasteiger partial charge in [-0.25, -0.2) is 0 Å². The van der Waals surface area contributed by atoms with Gasteiger partial charge in [0.1, 0.15) is 0 Å². The molecule has 0 spiro atoms. The monoisotopic (exact) mass is 171 g/mol. The van der Waals surface area contributed by atoms with Crippen molar-refractivity contribution < 1.29 is 5.11 Å². The molecule has 0 heterocycles. The molecular formula is C8H10ClNO. The Hall–Kier alpha value is -0.730. The predicted octanol–water partition coefficient (Wildman–Crippen LogP) is 1.98. The maximum Gasteiger partial charge on any atom is 0.0762 e. The first-order valence-corrected chi connectivity index (χ1v) is 3.72. The number of aliphatic hydroxyl groups is 1. The maximum absolute atomic E-state index is 9.14. The first kappa shape index (κ1) is 8.37. The maximum atomic E-state index is 9.14. The molecule has 60 valence electrons. The zero-order valence-corrected chi connectivity index (χ0v) is 6.97. The normalized spacial score (nSPS) is 13.0. The highest BCUT2D eigenvalue weighted by atomic mass is 35.5. The third kappa shape index (κ3) is 1.85. The van der Waals surface area contributed by atoms with E-state index in [0.717, 1.165) is 5.56 Å². The summed E-state index contributed by atoms with van der Waals surface area (Å²) in [6, 6.07) is 5.11. The fraction of sp³-hybridized carbons (Fsp3) is 0.250. The van der Waals surface area contributed by atoms with Gasteiger partial charge in [-0.15, -0.1) is 0 Å².